The number of rotatable bonds is 9. The number of amides is 1. The van der Waals surface area contributed by atoms with Gasteiger partial charge in [-0.1, -0.05) is 13.0 Å². The van der Waals surface area contributed by atoms with Gasteiger partial charge in [0.15, 0.2) is 0 Å². The second-order valence-electron chi connectivity index (χ2n) is 8.71. The van der Waals surface area contributed by atoms with E-state index in [1.54, 1.807) is 19.1 Å². The van der Waals surface area contributed by atoms with E-state index in [4.69, 9.17) is 9.84 Å². The maximum absolute atomic E-state index is 12.7. The average molecular weight is 508 g/mol. The summed E-state index contributed by atoms with van der Waals surface area (Å²) >= 11 is 1.43. The molecule has 1 aromatic carbocycles. The van der Waals surface area contributed by atoms with E-state index in [0.29, 0.717) is 18.7 Å². The Kier molecular flexibility index (Phi) is 8.51. The van der Waals surface area contributed by atoms with Crippen LogP contribution in [0, 0.1) is 11.8 Å². The van der Waals surface area contributed by atoms with Gasteiger partial charge in [0.05, 0.1) is 36.1 Å². The highest BCUT2D eigenvalue weighted by atomic mass is 32.2. The molecule has 190 valence electrons. The van der Waals surface area contributed by atoms with Gasteiger partial charge >= 0.3 is 17.9 Å². The average Bonchev–Trinajstić information content (AvgIpc) is 3.39. The maximum atomic E-state index is 12.7. The minimum absolute atomic E-state index is 0.0619. The number of nitrogens with one attached hydrogen (secondary N) is 2. The molecule has 12 heteroatoms. The van der Waals surface area contributed by atoms with E-state index in [9.17, 15) is 29.4 Å². The van der Waals surface area contributed by atoms with Gasteiger partial charge < -0.3 is 30.7 Å². The van der Waals surface area contributed by atoms with Crippen LogP contribution in [0.15, 0.2) is 29.3 Å². The normalized spacial score (nSPS) is 27.5. The van der Waals surface area contributed by atoms with Gasteiger partial charge in [0.1, 0.15) is 11.6 Å². The minimum atomic E-state index is -1.19. The predicted octanol–water partition coefficient (Wildman–Crippen LogP) is 0.870. The number of aromatic carboxylic acids is 1. The first-order chi connectivity index (χ1) is 16.5. The van der Waals surface area contributed by atoms with Crippen molar-refractivity contribution < 1.29 is 39.2 Å². The molecule has 0 aromatic heterocycles. The van der Waals surface area contributed by atoms with Crippen LogP contribution < -0.4 is 10.6 Å². The number of aliphatic hydroxyl groups is 1. The van der Waals surface area contributed by atoms with Crippen molar-refractivity contribution in [3.05, 3.63) is 29.8 Å². The molecule has 1 unspecified atom stereocenters. The summed E-state index contributed by atoms with van der Waals surface area (Å²) in [5.41, 5.74) is 0.560. The summed E-state index contributed by atoms with van der Waals surface area (Å²) in [4.78, 5) is 52.4. The third kappa shape index (κ3) is 6.00. The van der Waals surface area contributed by atoms with Crippen molar-refractivity contribution in [3.8, 4) is 0 Å². The Hall–Kier alpha value is -2.96. The topological polar surface area (TPSA) is 175 Å². The lowest BCUT2D eigenvalue weighted by molar-refractivity contribution is -0.146. The number of methoxy groups -OCH3 is 1. The van der Waals surface area contributed by atoms with Crippen molar-refractivity contribution >= 4 is 47.0 Å². The van der Waals surface area contributed by atoms with Crippen molar-refractivity contribution in [2.45, 2.75) is 49.0 Å². The van der Waals surface area contributed by atoms with E-state index >= 15 is 0 Å². The van der Waals surface area contributed by atoms with Crippen LogP contribution in [-0.4, -0.2) is 87.2 Å². The van der Waals surface area contributed by atoms with Gasteiger partial charge in [-0.2, -0.15) is 0 Å². The van der Waals surface area contributed by atoms with Gasteiger partial charge in [0.25, 0.3) is 0 Å². The zero-order chi connectivity index (χ0) is 25.9. The lowest BCUT2D eigenvalue weighted by Crippen LogP contribution is -2.40. The van der Waals surface area contributed by atoms with Crippen molar-refractivity contribution in [1.29, 1.82) is 0 Å². The maximum Gasteiger partial charge on any atom is 0.353 e. The van der Waals surface area contributed by atoms with Gasteiger partial charge in [-0.15, -0.1) is 11.8 Å². The summed E-state index contributed by atoms with van der Waals surface area (Å²) in [6, 6.07) is 4.63. The Labute approximate surface area is 206 Å². The first kappa shape index (κ1) is 26.6. The zero-order valence-electron chi connectivity index (χ0n) is 19.5. The number of carboxylic acid groups (broad SMARTS) is 2. The smallest absolute Gasteiger partial charge is 0.353 e. The van der Waals surface area contributed by atoms with E-state index in [1.807, 2.05) is 0 Å². The van der Waals surface area contributed by atoms with Gasteiger partial charge in [-0.25, -0.2) is 9.59 Å². The first-order valence-electron chi connectivity index (χ1n) is 11.1. The fourth-order valence-corrected chi connectivity index (χ4v) is 6.07. The number of hydrogen-bond acceptors (Lipinski definition) is 9. The monoisotopic (exact) mass is 507 g/mol. The molecule has 2 aliphatic heterocycles. The van der Waals surface area contributed by atoms with Crippen LogP contribution in [0.2, 0.25) is 0 Å². The number of carbonyl (C=O) groups is 4. The standard InChI is InChI=1S/C23H29N3O8S/c1-10-17(16(11(2)27)22(31)32)26-18(23(33)34-3)19(10)35-14-8-15(24-9-14)20(28)25-13-6-4-5-12(7-13)21(29)30/h4-7,10-11,14-17,19,24,27H,8-9H2,1-3H3,(H,25,28)(H,29,30)(H,31,32)/t10-,11-,14+,15+,16-,17-,19?/m1/s1. The van der Waals surface area contributed by atoms with Crippen LogP contribution in [0.1, 0.15) is 30.6 Å². The Morgan fingerprint density at radius 2 is 1.97 bits per heavy atom. The van der Waals surface area contributed by atoms with E-state index < -0.39 is 47.3 Å². The molecule has 2 aliphatic rings. The predicted molar refractivity (Wildman–Crippen MR) is 129 cm³/mol. The molecule has 7 atom stereocenters. The molecule has 2 heterocycles. The number of aliphatic imine (C=N–C) groups is 1. The lowest BCUT2D eigenvalue weighted by atomic mass is 9.86. The summed E-state index contributed by atoms with van der Waals surface area (Å²) in [5.74, 6) is -4.78. The molecule has 35 heavy (non-hydrogen) atoms. The van der Waals surface area contributed by atoms with E-state index in [0.717, 1.165) is 0 Å². The fraction of sp³-hybridized carbons (Fsp3) is 0.522. The van der Waals surface area contributed by atoms with Crippen LogP contribution in [0.3, 0.4) is 0 Å². The Morgan fingerprint density at radius 1 is 1.26 bits per heavy atom. The number of ether oxygens (including phenoxy) is 1. The van der Waals surface area contributed by atoms with Crippen LogP contribution >= 0.6 is 11.8 Å². The SMILES string of the molecule is COC(=O)C1=N[C@@H]([C@H](C(=O)O)[C@@H](C)O)[C@@H](C)C1S[C@@H]1CN[C@H](C(=O)Nc2cccc(C(=O)O)c2)C1. The summed E-state index contributed by atoms with van der Waals surface area (Å²) < 4.78 is 4.86. The molecule has 1 amide bonds. The Morgan fingerprint density at radius 3 is 2.57 bits per heavy atom. The molecule has 0 saturated carbocycles. The highest BCUT2D eigenvalue weighted by Gasteiger charge is 2.48. The van der Waals surface area contributed by atoms with Crippen LogP contribution in [0.25, 0.3) is 0 Å². The van der Waals surface area contributed by atoms with Crippen molar-refractivity contribution in [3.63, 3.8) is 0 Å². The van der Waals surface area contributed by atoms with Crippen molar-refractivity contribution in [1.82, 2.24) is 5.32 Å². The third-order valence-electron chi connectivity index (χ3n) is 6.26. The summed E-state index contributed by atoms with van der Waals surface area (Å²) in [6.07, 6.45) is -0.719. The molecule has 1 saturated heterocycles. The molecule has 0 bridgehead atoms. The highest BCUT2D eigenvalue weighted by Crippen LogP contribution is 2.40. The number of hydrogen-bond donors (Lipinski definition) is 5. The van der Waals surface area contributed by atoms with Gasteiger partial charge in [0, 0.05) is 17.5 Å². The second-order valence-corrected chi connectivity index (χ2v) is 10.2. The molecule has 1 aromatic rings. The van der Waals surface area contributed by atoms with Crippen LogP contribution in [-0.2, 0) is 19.1 Å². The molecule has 3 rings (SSSR count). The third-order valence-corrected chi connectivity index (χ3v) is 7.95. The van der Waals surface area contributed by atoms with Crippen LogP contribution in [0.4, 0.5) is 5.69 Å². The first-order valence-corrected chi connectivity index (χ1v) is 12.1. The minimum Gasteiger partial charge on any atom is -0.481 e. The molecular formula is C23H29N3O8S. The number of aliphatic carboxylic acids is 1. The number of aliphatic hydroxyl groups excluding tert-OH is 1. The molecule has 0 aliphatic carbocycles. The molecular weight excluding hydrogens is 478 g/mol. The molecule has 1 fully saturated rings. The van der Waals surface area contributed by atoms with Gasteiger partial charge in [-0.3, -0.25) is 14.6 Å². The number of nitrogens with zero attached hydrogens (tertiary/aromatic N) is 1. The molecule has 5 N–H and O–H groups in total. The second kappa shape index (κ2) is 11.2. The summed E-state index contributed by atoms with van der Waals surface area (Å²) in [7, 11) is 1.23. The lowest BCUT2D eigenvalue weighted by Gasteiger charge is -2.27. The number of thioether (sulfide) groups is 1. The van der Waals surface area contributed by atoms with E-state index in [2.05, 4.69) is 15.6 Å². The van der Waals surface area contributed by atoms with Crippen LogP contribution in [0.5, 0.6) is 0 Å². The van der Waals surface area contributed by atoms with Gasteiger partial charge in [0.2, 0.25) is 5.91 Å². The number of carbonyl (C=O) groups excluding carboxylic acids is 2. The number of esters is 1. The van der Waals surface area contributed by atoms with E-state index in [-0.39, 0.29) is 28.4 Å². The number of anilines is 1. The quantitative estimate of drug-likeness (QED) is 0.302. The summed E-state index contributed by atoms with van der Waals surface area (Å²) in [5, 5.41) is 34.1. The van der Waals surface area contributed by atoms with Gasteiger partial charge in [-0.05, 0) is 37.5 Å². The molecule has 0 spiro atoms. The Bertz CT molecular complexity index is 1030. The highest BCUT2D eigenvalue weighted by molar-refractivity contribution is 8.01. The Balaban J connectivity index is 1.68. The fourth-order valence-electron chi connectivity index (χ4n) is 4.46. The molecule has 0 radical (unpaired) electrons. The van der Waals surface area contributed by atoms with Crippen molar-refractivity contribution in [2.75, 3.05) is 19.0 Å². The largest absolute Gasteiger partial charge is 0.481 e. The van der Waals surface area contributed by atoms with Crippen molar-refractivity contribution in [2.24, 2.45) is 16.8 Å². The molecule has 11 nitrogen and oxygen atoms in total. The number of benzene rings is 1. The zero-order valence-corrected chi connectivity index (χ0v) is 20.3. The number of carboxylic acids is 2. The van der Waals surface area contributed by atoms with E-state index in [1.165, 1.54) is 37.9 Å². The summed E-state index contributed by atoms with van der Waals surface area (Å²) in [6.45, 7) is 3.65.